The van der Waals surface area contributed by atoms with Crippen LogP contribution in [0.3, 0.4) is 0 Å². The number of rotatable bonds is 3. The van der Waals surface area contributed by atoms with Crippen LogP contribution in [-0.4, -0.2) is 41.3 Å². The van der Waals surface area contributed by atoms with Gasteiger partial charge in [0.25, 0.3) is 0 Å². The van der Waals surface area contributed by atoms with Crippen LogP contribution in [0.4, 0.5) is 18.0 Å². The maximum atomic E-state index is 13.7. The molecular weight excluding hydrogens is 361 g/mol. The minimum atomic E-state index is -4.70. The van der Waals surface area contributed by atoms with E-state index >= 15 is 0 Å². The van der Waals surface area contributed by atoms with E-state index in [4.69, 9.17) is 0 Å². The quantitative estimate of drug-likeness (QED) is 0.847. The fourth-order valence-corrected chi connectivity index (χ4v) is 3.36. The Hall–Kier alpha value is -2.77. The van der Waals surface area contributed by atoms with Crippen molar-refractivity contribution < 1.29 is 27.9 Å². The standard InChI is InChI=1S/C19H19F3N2O3/c1-18(16(25)26)9-10-24(11-18)17(27)23-15(19(20,21)22)14-8-4-6-12-5-2-3-7-13(12)14/h2-8,15H,9-11H2,1H3,(H,23,27)(H,25,26). The Balaban J connectivity index is 1.89. The number of urea groups is 1. The Kier molecular flexibility index (Phi) is 4.75. The number of carboxylic acids is 1. The number of likely N-dealkylation sites (tertiary alicyclic amines) is 1. The van der Waals surface area contributed by atoms with Crippen LogP contribution >= 0.6 is 0 Å². The van der Waals surface area contributed by atoms with Crippen LogP contribution in [0.15, 0.2) is 42.5 Å². The molecule has 0 spiro atoms. The first-order chi connectivity index (χ1) is 12.6. The van der Waals surface area contributed by atoms with E-state index in [0.29, 0.717) is 10.8 Å². The Morgan fingerprint density at radius 1 is 1.19 bits per heavy atom. The van der Waals surface area contributed by atoms with E-state index < -0.39 is 29.6 Å². The van der Waals surface area contributed by atoms with Crippen molar-refractivity contribution in [2.45, 2.75) is 25.6 Å². The number of alkyl halides is 3. The number of hydrogen-bond acceptors (Lipinski definition) is 2. The number of carbonyl (C=O) groups excluding carboxylic acids is 1. The molecule has 2 amide bonds. The van der Waals surface area contributed by atoms with E-state index in [1.165, 1.54) is 19.1 Å². The van der Waals surface area contributed by atoms with Gasteiger partial charge >= 0.3 is 18.2 Å². The smallest absolute Gasteiger partial charge is 0.412 e. The Labute approximate surface area is 153 Å². The van der Waals surface area contributed by atoms with Crippen molar-refractivity contribution in [2.24, 2.45) is 5.41 Å². The molecule has 8 heteroatoms. The first-order valence-corrected chi connectivity index (χ1v) is 8.45. The normalized spacial score (nSPS) is 21.3. The molecule has 1 aliphatic heterocycles. The summed E-state index contributed by atoms with van der Waals surface area (Å²) < 4.78 is 41.2. The Morgan fingerprint density at radius 2 is 1.85 bits per heavy atom. The van der Waals surface area contributed by atoms with Crippen LogP contribution in [0.2, 0.25) is 0 Å². The molecule has 2 atom stereocenters. The second-order valence-electron chi connectivity index (χ2n) is 7.03. The van der Waals surface area contributed by atoms with Crippen molar-refractivity contribution in [2.75, 3.05) is 13.1 Å². The predicted molar refractivity (Wildman–Crippen MR) is 93.2 cm³/mol. The summed E-state index contributed by atoms with van der Waals surface area (Å²) >= 11 is 0. The highest BCUT2D eigenvalue weighted by atomic mass is 19.4. The molecule has 0 radical (unpaired) electrons. The molecule has 2 N–H and O–H groups in total. The van der Waals surface area contributed by atoms with Crippen molar-refractivity contribution >= 4 is 22.8 Å². The molecule has 0 aliphatic carbocycles. The molecule has 0 aromatic heterocycles. The first kappa shape index (κ1) is 19.0. The number of nitrogens with zero attached hydrogens (tertiary/aromatic N) is 1. The molecule has 144 valence electrons. The zero-order valence-corrected chi connectivity index (χ0v) is 14.6. The van der Waals surface area contributed by atoms with Gasteiger partial charge in [-0.15, -0.1) is 0 Å². The molecule has 5 nitrogen and oxygen atoms in total. The van der Waals surface area contributed by atoms with E-state index in [9.17, 15) is 27.9 Å². The predicted octanol–water partition coefficient (Wildman–Crippen LogP) is 3.95. The average molecular weight is 380 g/mol. The van der Waals surface area contributed by atoms with Crippen molar-refractivity contribution in [3.05, 3.63) is 48.0 Å². The third kappa shape index (κ3) is 3.70. The van der Waals surface area contributed by atoms with E-state index in [1.54, 1.807) is 30.3 Å². The first-order valence-electron chi connectivity index (χ1n) is 8.45. The highest BCUT2D eigenvalue weighted by Crippen LogP contribution is 2.37. The summed E-state index contributed by atoms with van der Waals surface area (Å²) in [6.45, 7) is 1.44. The van der Waals surface area contributed by atoms with Crippen LogP contribution in [-0.2, 0) is 4.79 Å². The highest BCUT2D eigenvalue weighted by molar-refractivity contribution is 5.87. The molecule has 1 saturated heterocycles. The van der Waals surface area contributed by atoms with Crippen LogP contribution in [0.25, 0.3) is 10.8 Å². The van der Waals surface area contributed by atoms with E-state index in [0.717, 1.165) is 4.90 Å². The number of halogens is 3. The maximum absolute atomic E-state index is 13.7. The summed E-state index contributed by atoms with van der Waals surface area (Å²) in [5.74, 6) is -1.07. The van der Waals surface area contributed by atoms with Gasteiger partial charge in [-0.1, -0.05) is 42.5 Å². The summed E-state index contributed by atoms with van der Waals surface area (Å²) in [5, 5.41) is 12.3. The van der Waals surface area contributed by atoms with Gasteiger partial charge in [-0.25, -0.2) is 4.79 Å². The zero-order valence-electron chi connectivity index (χ0n) is 14.6. The van der Waals surface area contributed by atoms with Gasteiger partial charge in [0.1, 0.15) is 0 Å². The summed E-state index contributed by atoms with van der Waals surface area (Å²) in [4.78, 5) is 24.9. The van der Waals surface area contributed by atoms with E-state index in [2.05, 4.69) is 5.32 Å². The lowest BCUT2D eigenvalue weighted by Gasteiger charge is -2.27. The van der Waals surface area contributed by atoms with E-state index in [-0.39, 0.29) is 25.1 Å². The minimum absolute atomic E-state index is 0.0471. The van der Waals surface area contributed by atoms with Crippen molar-refractivity contribution in [1.29, 1.82) is 0 Å². The molecule has 2 aromatic rings. The number of benzene rings is 2. The minimum Gasteiger partial charge on any atom is -0.481 e. The molecule has 27 heavy (non-hydrogen) atoms. The summed E-state index contributed by atoms with van der Waals surface area (Å²) in [6.07, 6.45) is -4.50. The van der Waals surface area contributed by atoms with Crippen molar-refractivity contribution in [3.8, 4) is 0 Å². The second-order valence-corrected chi connectivity index (χ2v) is 7.03. The molecule has 1 fully saturated rings. The molecule has 3 rings (SSSR count). The van der Waals surface area contributed by atoms with Crippen LogP contribution in [0.1, 0.15) is 24.9 Å². The molecular formula is C19H19F3N2O3. The topological polar surface area (TPSA) is 69.6 Å². The fraction of sp³-hybridized carbons (Fsp3) is 0.368. The Bertz CT molecular complexity index is 879. The highest BCUT2D eigenvalue weighted by Gasteiger charge is 2.46. The van der Waals surface area contributed by atoms with Crippen LogP contribution in [0, 0.1) is 5.41 Å². The largest absolute Gasteiger partial charge is 0.481 e. The number of carboxylic acid groups (broad SMARTS) is 1. The fourth-order valence-electron chi connectivity index (χ4n) is 3.36. The second kappa shape index (κ2) is 6.75. The number of hydrogen-bond donors (Lipinski definition) is 2. The lowest BCUT2D eigenvalue weighted by molar-refractivity contribution is -0.155. The molecule has 0 saturated carbocycles. The van der Waals surface area contributed by atoms with Gasteiger partial charge in [0.05, 0.1) is 5.41 Å². The molecule has 0 bridgehead atoms. The number of amides is 2. The van der Waals surface area contributed by atoms with Crippen LogP contribution < -0.4 is 5.32 Å². The number of fused-ring (bicyclic) bond motifs is 1. The Morgan fingerprint density at radius 3 is 2.48 bits per heavy atom. The SMILES string of the molecule is CC1(C(=O)O)CCN(C(=O)NC(c2cccc3ccccc23)C(F)(F)F)C1. The van der Waals surface area contributed by atoms with Crippen LogP contribution in [0.5, 0.6) is 0 Å². The van der Waals surface area contributed by atoms with Gasteiger partial charge in [-0.2, -0.15) is 13.2 Å². The molecule has 2 unspecified atom stereocenters. The average Bonchev–Trinajstić information content (AvgIpc) is 3.02. The number of carbonyl (C=O) groups is 2. The summed E-state index contributed by atoms with van der Waals surface area (Å²) in [5.41, 5.74) is -1.20. The van der Waals surface area contributed by atoms with Crippen molar-refractivity contribution in [1.82, 2.24) is 10.2 Å². The lowest BCUT2D eigenvalue weighted by atomic mass is 9.90. The maximum Gasteiger partial charge on any atom is 0.412 e. The van der Waals surface area contributed by atoms with Gasteiger partial charge in [0, 0.05) is 13.1 Å². The monoisotopic (exact) mass is 380 g/mol. The number of aliphatic carboxylic acids is 1. The van der Waals surface area contributed by atoms with Gasteiger partial charge in [0.15, 0.2) is 6.04 Å². The van der Waals surface area contributed by atoms with Gasteiger partial charge < -0.3 is 15.3 Å². The zero-order chi connectivity index (χ0) is 19.8. The van der Waals surface area contributed by atoms with Gasteiger partial charge in [0.2, 0.25) is 0 Å². The lowest BCUT2D eigenvalue weighted by Crippen LogP contribution is -2.46. The van der Waals surface area contributed by atoms with E-state index in [1.807, 2.05) is 0 Å². The van der Waals surface area contributed by atoms with Crippen molar-refractivity contribution in [3.63, 3.8) is 0 Å². The van der Waals surface area contributed by atoms with Gasteiger partial charge in [-0.3, -0.25) is 4.79 Å². The summed E-state index contributed by atoms with van der Waals surface area (Å²) in [7, 11) is 0. The molecule has 1 heterocycles. The van der Waals surface area contributed by atoms with Gasteiger partial charge in [-0.05, 0) is 29.7 Å². The third-order valence-electron chi connectivity index (χ3n) is 5.01. The number of nitrogens with one attached hydrogen (secondary N) is 1. The molecule has 2 aromatic carbocycles. The third-order valence-corrected chi connectivity index (χ3v) is 5.01. The summed E-state index contributed by atoms with van der Waals surface area (Å²) in [6, 6.07) is 8.09. The molecule has 1 aliphatic rings.